The zero-order valence-electron chi connectivity index (χ0n) is 15.3. The van der Waals surface area contributed by atoms with Gasteiger partial charge in [-0.1, -0.05) is 6.07 Å². The summed E-state index contributed by atoms with van der Waals surface area (Å²) in [6.45, 7) is 2.31. The minimum Gasteiger partial charge on any atom is -0.493 e. The van der Waals surface area contributed by atoms with Crippen LogP contribution in [0.3, 0.4) is 0 Å². The fourth-order valence-electron chi connectivity index (χ4n) is 6.12. The molecule has 1 aromatic carbocycles. The second kappa shape index (κ2) is 5.00. The van der Waals surface area contributed by atoms with Crippen molar-refractivity contribution in [2.24, 2.45) is 0 Å². The molecule has 4 atom stereocenters. The second-order valence-corrected chi connectivity index (χ2v) is 8.00. The molecular formula is C20H23NO5. The first-order valence-electron chi connectivity index (χ1n) is 9.24. The molecule has 2 heterocycles. The molecule has 138 valence electrons. The van der Waals surface area contributed by atoms with Gasteiger partial charge in [-0.15, -0.1) is 0 Å². The van der Waals surface area contributed by atoms with Gasteiger partial charge in [0.2, 0.25) is 0 Å². The van der Waals surface area contributed by atoms with Gasteiger partial charge < -0.3 is 14.2 Å². The topological polar surface area (TPSA) is 65.1 Å². The number of ketones is 1. The zero-order chi connectivity index (χ0) is 18.3. The molecular weight excluding hydrogens is 334 g/mol. The predicted octanol–water partition coefficient (Wildman–Crippen LogP) is 1.62. The number of hydrogen-bond acceptors (Lipinski definition) is 6. The summed E-state index contributed by atoms with van der Waals surface area (Å²) in [7, 11) is 3.70. The number of rotatable bonds is 2. The number of likely N-dealkylation sites (N-methyl/N-ethyl adjacent to an activating group) is 1. The monoisotopic (exact) mass is 357 g/mol. The molecule has 1 saturated carbocycles. The lowest BCUT2D eigenvalue weighted by molar-refractivity contribution is -0.211. The molecule has 26 heavy (non-hydrogen) atoms. The van der Waals surface area contributed by atoms with Crippen LogP contribution in [-0.2, 0) is 26.2 Å². The van der Waals surface area contributed by atoms with Crippen LogP contribution < -0.4 is 9.47 Å². The van der Waals surface area contributed by atoms with E-state index in [1.807, 2.05) is 6.07 Å². The van der Waals surface area contributed by atoms with Crippen LogP contribution in [0, 0.1) is 0 Å². The molecule has 0 radical (unpaired) electrons. The van der Waals surface area contributed by atoms with Crippen molar-refractivity contribution in [2.45, 2.75) is 55.8 Å². The third-order valence-corrected chi connectivity index (χ3v) is 7.02. The van der Waals surface area contributed by atoms with E-state index >= 15 is 0 Å². The number of ether oxygens (including phenoxy) is 3. The number of carbonyl (C=O) groups excluding carboxylic acids is 2. The van der Waals surface area contributed by atoms with Gasteiger partial charge >= 0.3 is 5.97 Å². The molecule has 0 amide bonds. The summed E-state index contributed by atoms with van der Waals surface area (Å²) in [5, 5.41) is 0. The highest BCUT2D eigenvalue weighted by atomic mass is 16.6. The van der Waals surface area contributed by atoms with Gasteiger partial charge in [0.15, 0.2) is 23.4 Å². The minimum absolute atomic E-state index is 0.0474. The van der Waals surface area contributed by atoms with E-state index in [4.69, 9.17) is 14.2 Å². The van der Waals surface area contributed by atoms with E-state index in [0.717, 1.165) is 24.9 Å². The van der Waals surface area contributed by atoms with Crippen molar-refractivity contribution in [1.29, 1.82) is 0 Å². The molecule has 2 bridgehead atoms. The van der Waals surface area contributed by atoms with Crippen LogP contribution in [0.2, 0.25) is 0 Å². The minimum atomic E-state index is -0.727. The average Bonchev–Trinajstić information content (AvgIpc) is 2.96. The Labute approximate surface area is 152 Å². The highest BCUT2D eigenvalue weighted by Crippen LogP contribution is 2.65. The number of carbonyl (C=O) groups is 2. The molecule has 4 aliphatic rings. The first kappa shape index (κ1) is 16.1. The van der Waals surface area contributed by atoms with E-state index in [2.05, 4.69) is 18.0 Å². The van der Waals surface area contributed by atoms with Crippen LogP contribution >= 0.6 is 0 Å². The van der Waals surface area contributed by atoms with Gasteiger partial charge in [0, 0.05) is 18.9 Å². The van der Waals surface area contributed by atoms with Crippen molar-refractivity contribution in [3.05, 3.63) is 23.3 Å². The van der Waals surface area contributed by atoms with Gasteiger partial charge in [0.05, 0.1) is 18.6 Å². The van der Waals surface area contributed by atoms with Gasteiger partial charge in [0.1, 0.15) is 5.60 Å². The second-order valence-electron chi connectivity index (χ2n) is 8.00. The van der Waals surface area contributed by atoms with Crippen LogP contribution in [0.4, 0.5) is 0 Å². The number of Topliss-reactive ketones (excluding diaryl/α,β-unsaturated/α-hetero) is 1. The Kier molecular flexibility index (Phi) is 3.10. The third-order valence-electron chi connectivity index (χ3n) is 7.02. The maximum atomic E-state index is 12.9. The van der Waals surface area contributed by atoms with Crippen molar-refractivity contribution < 1.29 is 23.8 Å². The molecule has 1 aromatic rings. The average molecular weight is 357 g/mol. The maximum Gasteiger partial charge on any atom is 0.303 e. The molecule has 5 rings (SSSR count). The summed E-state index contributed by atoms with van der Waals surface area (Å²) < 4.78 is 17.9. The maximum absolute atomic E-state index is 12.9. The van der Waals surface area contributed by atoms with Crippen molar-refractivity contribution in [3.8, 4) is 11.5 Å². The highest BCUT2D eigenvalue weighted by molar-refractivity contribution is 5.90. The lowest BCUT2D eigenvalue weighted by atomic mass is 9.49. The van der Waals surface area contributed by atoms with Crippen LogP contribution in [0.15, 0.2) is 12.1 Å². The van der Waals surface area contributed by atoms with E-state index in [-0.39, 0.29) is 17.8 Å². The fourth-order valence-corrected chi connectivity index (χ4v) is 6.12. The van der Waals surface area contributed by atoms with Crippen molar-refractivity contribution in [1.82, 2.24) is 4.90 Å². The number of likely N-dealkylation sites (tertiary alicyclic amines) is 1. The molecule has 6 nitrogen and oxygen atoms in total. The van der Waals surface area contributed by atoms with E-state index < -0.39 is 17.1 Å². The van der Waals surface area contributed by atoms with Crippen LogP contribution in [0.1, 0.15) is 37.3 Å². The van der Waals surface area contributed by atoms with E-state index in [9.17, 15) is 9.59 Å². The zero-order valence-corrected chi connectivity index (χ0v) is 15.3. The quantitative estimate of drug-likeness (QED) is 0.750. The summed E-state index contributed by atoms with van der Waals surface area (Å²) in [6.07, 6.45) is 1.84. The number of methoxy groups -OCH3 is 1. The SMILES string of the molecule is COc1ccc2c3c1O[C@@H]1C(=O)CC[C@]4(OC(C)=O)[C@H](C2)N(C)CC[C@@]314. The first-order chi connectivity index (χ1) is 12.4. The van der Waals surface area contributed by atoms with E-state index in [1.54, 1.807) is 7.11 Å². The summed E-state index contributed by atoms with van der Waals surface area (Å²) >= 11 is 0. The molecule has 1 saturated heterocycles. The summed E-state index contributed by atoms with van der Waals surface area (Å²) in [4.78, 5) is 27.3. The molecule has 2 aliphatic carbocycles. The molecule has 0 unspecified atom stereocenters. The fraction of sp³-hybridized carbons (Fsp3) is 0.600. The van der Waals surface area contributed by atoms with Gasteiger partial charge in [-0.3, -0.25) is 14.5 Å². The number of benzene rings is 1. The van der Waals surface area contributed by atoms with Crippen molar-refractivity contribution in [2.75, 3.05) is 20.7 Å². The smallest absolute Gasteiger partial charge is 0.303 e. The third kappa shape index (κ3) is 1.62. The lowest BCUT2D eigenvalue weighted by Crippen LogP contribution is -2.77. The molecule has 0 aromatic heterocycles. The van der Waals surface area contributed by atoms with Crippen molar-refractivity contribution in [3.63, 3.8) is 0 Å². The van der Waals surface area contributed by atoms with Crippen LogP contribution in [0.25, 0.3) is 0 Å². The van der Waals surface area contributed by atoms with E-state index in [0.29, 0.717) is 24.3 Å². The predicted molar refractivity (Wildman–Crippen MR) is 92.6 cm³/mol. The molecule has 1 spiro atoms. The largest absolute Gasteiger partial charge is 0.493 e. The molecule has 2 aliphatic heterocycles. The number of esters is 1. The molecule has 0 N–H and O–H groups in total. The Morgan fingerprint density at radius 2 is 2.15 bits per heavy atom. The highest BCUT2D eigenvalue weighted by Gasteiger charge is 2.75. The first-order valence-corrected chi connectivity index (χ1v) is 9.24. The van der Waals surface area contributed by atoms with Gasteiger partial charge in [-0.2, -0.15) is 0 Å². The van der Waals surface area contributed by atoms with Crippen LogP contribution in [0.5, 0.6) is 11.5 Å². The molecule has 2 fully saturated rings. The lowest BCUT2D eigenvalue weighted by Gasteiger charge is -2.63. The van der Waals surface area contributed by atoms with Gasteiger partial charge in [-0.25, -0.2) is 0 Å². The Hall–Kier alpha value is -2.08. The Balaban J connectivity index is 1.85. The standard InChI is InChI=1S/C20H23NO5/c1-11(22)26-20-7-6-13(23)18-19(20)8-9-21(2)15(20)10-12-4-5-14(24-3)17(25-18)16(12)19/h4-5,15,18H,6-10H2,1-3H3/t15-,18+,19+,20-/m0/s1. The van der Waals surface area contributed by atoms with Crippen molar-refractivity contribution >= 4 is 11.8 Å². The summed E-state index contributed by atoms with van der Waals surface area (Å²) in [5.41, 5.74) is 0.885. The number of nitrogens with zero attached hydrogens (tertiary/aromatic N) is 1. The van der Waals surface area contributed by atoms with Gasteiger partial charge in [0.25, 0.3) is 0 Å². The normalized spacial score (nSPS) is 37.0. The van der Waals surface area contributed by atoms with E-state index in [1.165, 1.54) is 12.5 Å². The summed E-state index contributed by atoms with van der Waals surface area (Å²) in [6, 6.07) is 4.04. The molecule has 6 heteroatoms. The number of piperidine rings is 1. The van der Waals surface area contributed by atoms with Gasteiger partial charge in [-0.05, 0) is 44.5 Å². The Morgan fingerprint density at radius 3 is 2.88 bits per heavy atom. The Morgan fingerprint density at radius 1 is 1.35 bits per heavy atom. The summed E-state index contributed by atoms with van der Waals surface area (Å²) in [5.74, 6) is 1.12. The Bertz CT molecular complexity index is 836. The van der Waals surface area contributed by atoms with Crippen LogP contribution in [-0.4, -0.2) is 55.1 Å². The number of hydrogen-bond donors (Lipinski definition) is 0.